The zero-order chi connectivity index (χ0) is 22.2. The third kappa shape index (κ3) is 7.16. The summed E-state index contributed by atoms with van der Waals surface area (Å²) >= 11 is 13.0. The summed E-state index contributed by atoms with van der Waals surface area (Å²) in [5.74, 6) is 0.484. The fraction of sp³-hybridized carbons (Fsp3) is 0.200. The Bertz CT molecular complexity index is 1060. The molecular formula is C20H19Cl2N5O3S. The van der Waals surface area contributed by atoms with E-state index in [1.165, 1.54) is 0 Å². The highest BCUT2D eigenvalue weighted by molar-refractivity contribution is 7.99. The number of carbonyl (C=O) groups excluding carboxylic acids is 1. The average Bonchev–Trinajstić information content (AvgIpc) is 3.20. The molecule has 0 radical (unpaired) electrons. The molecule has 0 fully saturated rings. The summed E-state index contributed by atoms with van der Waals surface area (Å²) in [7, 11) is 3.94. The Morgan fingerprint density at radius 2 is 2.00 bits per heavy atom. The summed E-state index contributed by atoms with van der Waals surface area (Å²) in [5.41, 5.74) is 4.42. The zero-order valence-electron chi connectivity index (χ0n) is 16.7. The van der Waals surface area contributed by atoms with Crippen molar-refractivity contribution in [2.45, 2.75) is 11.8 Å². The Kier molecular flexibility index (Phi) is 8.16. The number of thioether (sulfide) groups is 1. The second-order valence-corrected chi connectivity index (χ2v) is 8.16. The van der Waals surface area contributed by atoms with Gasteiger partial charge in [-0.1, -0.05) is 47.1 Å². The van der Waals surface area contributed by atoms with E-state index in [1.807, 2.05) is 43.3 Å². The first-order valence-electron chi connectivity index (χ1n) is 9.03. The molecule has 1 heterocycles. The number of hydrogen-bond donors (Lipinski definition) is 1. The van der Waals surface area contributed by atoms with Gasteiger partial charge in [-0.15, -0.1) is 10.2 Å². The highest BCUT2D eigenvalue weighted by atomic mass is 35.5. The van der Waals surface area contributed by atoms with Crippen LogP contribution in [0.4, 0.5) is 5.69 Å². The summed E-state index contributed by atoms with van der Waals surface area (Å²) in [5, 5.41) is 12.9. The molecule has 1 N–H and O–H groups in total. The number of benzene rings is 2. The Morgan fingerprint density at radius 3 is 2.71 bits per heavy atom. The number of hydrogen-bond acceptors (Lipinski definition) is 8. The Balaban J connectivity index is 1.41. The van der Waals surface area contributed by atoms with Crippen molar-refractivity contribution in [1.82, 2.24) is 15.6 Å². The summed E-state index contributed by atoms with van der Waals surface area (Å²) < 4.78 is 11.0. The molecule has 0 aliphatic rings. The van der Waals surface area contributed by atoms with Crippen molar-refractivity contribution in [3.05, 3.63) is 64.0 Å². The lowest BCUT2D eigenvalue weighted by atomic mass is 10.2. The lowest BCUT2D eigenvalue weighted by Crippen LogP contribution is -2.19. The van der Waals surface area contributed by atoms with Gasteiger partial charge in [-0.25, -0.2) is 5.43 Å². The second kappa shape index (κ2) is 11.0. The largest absolute Gasteiger partial charge is 0.482 e. The smallest absolute Gasteiger partial charge is 0.277 e. The quantitative estimate of drug-likeness (QED) is 0.278. The summed E-state index contributed by atoms with van der Waals surface area (Å²) in [6.45, 7) is 0.0397. The number of amides is 1. The molecule has 1 amide bonds. The maximum absolute atomic E-state index is 11.9. The molecule has 31 heavy (non-hydrogen) atoms. The highest BCUT2D eigenvalue weighted by Crippen LogP contribution is 2.28. The van der Waals surface area contributed by atoms with Gasteiger partial charge in [0, 0.05) is 24.8 Å². The van der Waals surface area contributed by atoms with E-state index in [9.17, 15) is 4.79 Å². The Hall–Kier alpha value is -2.75. The molecular weight excluding hydrogens is 461 g/mol. The van der Waals surface area contributed by atoms with Crippen molar-refractivity contribution < 1.29 is 13.9 Å². The first-order valence-corrected chi connectivity index (χ1v) is 10.8. The molecule has 1 aromatic heterocycles. The zero-order valence-corrected chi connectivity index (χ0v) is 19.0. The molecule has 3 rings (SSSR count). The van der Waals surface area contributed by atoms with Crippen molar-refractivity contribution in [2.24, 2.45) is 5.10 Å². The van der Waals surface area contributed by atoms with Gasteiger partial charge < -0.3 is 14.1 Å². The van der Waals surface area contributed by atoms with Gasteiger partial charge in [0.2, 0.25) is 0 Å². The number of ether oxygens (including phenoxy) is 1. The number of nitrogens with zero attached hydrogens (tertiary/aromatic N) is 4. The van der Waals surface area contributed by atoms with Gasteiger partial charge in [-0.3, -0.25) is 4.79 Å². The van der Waals surface area contributed by atoms with Crippen LogP contribution < -0.4 is 15.1 Å². The molecule has 2 aromatic carbocycles. The average molecular weight is 480 g/mol. The summed E-state index contributed by atoms with van der Waals surface area (Å²) in [6, 6.07) is 12.7. The first kappa shape index (κ1) is 22.9. The molecule has 0 bridgehead atoms. The normalized spacial score (nSPS) is 11.0. The molecule has 0 aliphatic carbocycles. The number of rotatable bonds is 9. The molecule has 0 unspecified atom stereocenters. The van der Waals surface area contributed by atoms with E-state index in [-0.39, 0.29) is 29.4 Å². The molecule has 11 heteroatoms. The topological polar surface area (TPSA) is 92.9 Å². The van der Waals surface area contributed by atoms with Crippen molar-refractivity contribution >= 4 is 52.8 Å². The fourth-order valence-corrected chi connectivity index (χ4v) is 3.32. The van der Waals surface area contributed by atoms with E-state index in [2.05, 4.69) is 20.7 Å². The van der Waals surface area contributed by atoms with Crippen LogP contribution in [0.25, 0.3) is 0 Å². The maximum Gasteiger partial charge on any atom is 0.277 e. The molecule has 162 valence electrons. The van der Waals surface area contributed by atoms with Crippen LogP contribution in [0, 0.1) is 0 Å². The number of halogens is 2. The number of aromatic nitrogens is 2. The lowest BCUT2D eigenvalue weighted by molar-refractivity contribution is -0.118. The Morgan fingerprint density at radius 1 is 1.23 bits per heavy atom. The fourth-order valence-electron chi connectivity index (χ4n) is 2.28. The van der Waals surface area contributed by atoms with Crippen LogP contribution in [0.2, 0.25) is 10.0 Å². The van der Waals surface area contributed by atoms with E-state index < -0.39 is 0 Å². The third-order valence-electron chi connectivity index (χ3n) is 3.83. The number of nitrogens with one attached hydrogen (secondary N) is 1. The van der Waals surface area contributed by atoms with Gasteiger partial charge >= 0.3 is 0 Å². The molecule has 0 atom stereocenters. The summed E-state index contributed by atoms with van der Waals surface area (Å²) in [6.07, 6.45) is 1.58. The van der Waals surface area contributed by atoms with Crippen LogP contribution in [0.5, 0.6) is 5.75 Å². The predicted molar refractivity (Wildman–Crippen MR) is 122 cm³/mol. The minimum atomic E-state index is -0.296. The number of anilines is 1. The minimum Gasteiger partial charge on any atom is -0.482 e. The first-order chi connectivity index (χ1) is 14.9. The molecule has 0 saturated carbocycles. The van der Waals surface area contributed by atoms with Gasteiger partial charge in [0.05, 0.1) is 17.0 Å². The number of carbonyl (C=O) groups is 1. The van der Waals surface area contributed by atoms with Gasteiger partial charge in [0.15, 0.2) is 6.61 Å². The van der Waals surface area contributed by atoms with E-state index >= 15 is 0 Å². The number of hydrazone groups is 1. The van der Waals surface area contributed by atoms with Crippen LogP contribution in [-0.2, 0) is 11.4 Å². The molecule has 8 nitrogen and oxygen atoms in total. The lowest BCUT2D eigenvalue weighted by Gasteiger charge is -2.11. The van der Waals surface area contributed by atoms with Gasteiger partial charge in [0.25, 0.3) is 17.0 Å². The van der Waals surface area contributed by atoms with Gasteiger partial charge in [0.1, 0.15) is 5.75 Å². The maximum atomic E-state index is 11.9. The van der Waals surface area contributed by atoms with E-state index in [4.69, 9.17) is 32.4 Å². The molecule has 0 aliphatic heterocycles. The van der Waals surface area contributed by atoms with E-state index in [0.29, 0.717) is 15.8 Å². The van der Waals surface area contributed by atoms with Gasteiger partial charge in [-0.05, 0) is 35.9 Å². The van der Waals surface area contributed by atoms with Crippen LogP contribution in [-0.4, -0.2) is 42.2 Å². The van der Waals surface area contributed by atoms with Crippen LogP contribution in [0.15, 0.2) is 57.2 Å². The second-order valence-electron chi connectivity index (χ2n) is 6.39. The predicted octanol–water partition coefficient (Wildman–Crippen LogP) is 4.26. The van der Waals surface area contributed by atoms with E-state index in [1.54, 1.807) is 24.4 Å². The van der Waals surface area contributed by atoms with Crippen molar-refractivity contribution in [2.75, 3.05) is 24.7 Å². The third-order valence-corrected chi connectivity index (χ3v) is 5.18. The molecule has 0 spiro atoms. The van der Waals surface area contributed by atoms with Crippen molar-refractivity contribution in [3.8, 4) is 5.75 Å². The van der Waals surface area contributed by atoms with Crippen LogP contribution >= 0.6 is 35.0 Å². The van der Waals surface area contributed by atoms with Crippen molar-refractivity contribution in [3.63, 3.8) is 0 Å². The monoisotopic (exact) mass is 479 g/mol. The van der Waals surface area contributed by atoms with Gasteiger partial charge in [-0.2, -0.15) is 5.10 Å². The summed E-state index contributed by atoms with van der Waals surface area (Å²) in [4.78, 5) is 13.9. The Labute approximate surface area is 193 Å². The molecule has 0 saturated heterocycles. The highest BCUT2D eigenvalue weighted by Gasteiger charge is 2.11. The van der Waals surface area contributed by atoms with Crippen LogP contribution in [0.3, 0.4) is 0 Å². The van der Waals surface area contributed by atoms with E-state index in [0.717, 1.165) is 23.0 Å². The minimum absolute atomic E-state index is 0.0397. The SMILES string of the molecule is CN(C)c1ccc(/C=N\NC(=O)CSc2nnc(COc3ccc(Cl)cc3Cl)o2)cc1. The van der Waals surface area contributed by atoms with Crippen molar-refractivity contribution in [1.29, 1.82) is 0 Å². The van der Waals surface area contributed by atoms with Crippen LogP contribution in [0.1, 0.15) is 11.5 Å². The molecule has 3 aromatic rings. The standard InChI is InChI=1S/C20H19Cl2N5O3S/c1-27(2)15-6-3-13(4-7-15)10-23-24-18(28)12-31-20-26-25-19(30-20)11-29-17-8-5-14(21)9-16(17)22/h3-10H,11-12H2,1-2H3,(H,24,28)/b23-10-.